The molecule has 0 bridgehead atoms. The van der Waals surface area contributed by atoms with E-state index in [0.29, 0.717) is 47.7 Å². The largest absolute Gasteiger partial charge is 0.493 e. The van der Waals surface area contributed by atoms with Crippen LogP contribution in [0.2, 0.25) is 5.02 Å². The number of urea groups is 1. The Labute approximate surface area is 203 Å². The van der Waals surface area contributed by atoms with Gasteiger partial charge in [-0.3, -0.25) is 4.98 Å². The molecule has 34 heavy (non-hydrogen) atoms. The van der Waals surface area contributed by atoms with Crippen LogP contribution >= 0.6 is 11.6 Å². The number of ether oxygens (including phenoxy) is 2. The Kier molecular flexibility index (Phi) is 7.23. The van der Waals surface area contributed by atoms with Crippen molar-refractivity contribution >= 4 is 33.2 Å². The summed E-state index contributed by atoms with van der Waals surface area (Å²) in [6.45, 7) is 1.67. The number of sulfone groups is 1. The van der Waals surface area contributed by atoms with Crippen LogP contribution in [0.25, 0.3) is 0 Å². The van der Waals surface area contributed by atoms with Gasteiger partial charge >= 0.3 is 6.03 Å². The Morgan fingerprint density at radius 3 is 2.65 bits per heavy atom. The van der Waals surface area contributed by atoms with Gasteiger partial charge in [-0.05, 0) is 48.9 Å². The highest BCUT2D eigenvalue weighted by molar-refractivity contribution is 7.90. The van der Waals surface area contributed by atoms with Gasteiger partial charge in [0.15, 0.2) is 9.84 Å². The Morgan fingerprint density at radius 1 is 1.15 bits per heavy atom. The fourth-order valence-electron chi connectivity index (χ4n) is 3.55. The smallest absolute Gasteiger partial charge is 0.321 e. The van der Waals surface area contributed by atoms with Gasteiger partial charge in [0.2, 0.25) is 0 Å². The number of hydrogen-bond acceptors (Lipinski definition) is 6. The third-order valence-electron chi connectivity index (χ3n) is 5.36. The molecule has 1 unspecified atom stereocenters. The summed E-state index contributed by atoms with van der Waals surface area (Å²) < 4.78 is 35.0. The van der Waals surface area contributed by atoms with E-state index in [1.807, 2.05) is 12.1 Å². The molecule has 0 aliphatic carbocycles. The summed E-state index contributed by atoms with van der Waals surface area (Å²) in [6.07, 6.45) is 5.08. The Bertz CT molecular complexity index is 1270. The number of anilines is 1. The van der Waals surface area contributed by atoms with E-state index in [1.165, 1.54) is 18.3 Å². The first-order valence-corrected chi connectivity index (χ1v) is 12.9. The topological polar surface area (TPSA) is 97.8 Å². The highest BCUT2D eigenvalue weighted by Crippen LogP contribution is 2.27. The number of nitrogens with zero attached hydrogens (tertiary/aromatic N) is 2. The summed E-state index contributed by atoms with van der Waals surface area (Å²) in [7, 11) is -3.25. The van der Waals surface area contributed by atoms with Crippen molar-refractivity contribution in [2.24, 2.45) is 5.92 Å². The number of benzene rings is 2. The van der Waals surface area contributed by atoms with E-state index in [9.17, 15) is 13.2 Å². The number of likely N-dealkylation sites (tertiary alicyclic amines) is 1. The second-order valence-corrected chi connectivity index (χ2v) is 10.4. The van der Waals surface area contributed by atoms with Gasteiger partial charge in [0.05, 0.1) is 28.4 Å². The molecule has 3 aromatic rings. The summed E-state index contributed by atoms with van der Waals surface area (Å²) in [5.41, 5.74) is 0.483. The average Bonchev–Trinajstić information content (AvgIpc) is 3.29. The number of rotatable bonds is 7. The molecular weight excluding hydrogens is 478 g/mol. The zero-order valence-corrected chi connectivity index (χ0v) is 20.1. The van der Waals surface area contributed by atoms with Crippen LogP contribution in [0.1, 0.15) is 6.42 Å². The number of halogens is 1. The molecule has 178 valence electrons. The van der Waals surface area contributed by atoms with Gasteiger partial charge in [-0.15, -0.1) is 0 Å². The standard InChI is InChI=1S/C24H24ClN3O5S/c1-34(30,31)21-7-5-18(6-8-21)33-20-4-2-3-19(13-20)32-16-17-10-12-28(15-17)24(29)27-23-14-26-11-9-22(23)25/h2-9,11,13-14,17H,10,12,15-16H2,1H3,(H,27,29). The van der Waals surface area contributed by atoms with Gasteiger partial charge in [0.1, 0.15) is 17.2 Å². The van der Waals surface area contributed by atoms with Crippen LogP contribution in [0.3, 0.4) is 0 Å². The van der Waals surface area contributed by atoms with E-state index in [0.717, 1.165) is 12.7 Å². The van der Waals surface area contributed by atoms with Crippen molar-refractivity contribution in [2.75, 3.05) is 31.3 Å². The molecule has 1 aromatic heterocycles. The van der Waals surface area contributed by atoms with Crippen molar-refractivity contribution in [1.82, 2.24) is 9.88 Å². The van der Waals surface area contributed by atoms with Gasteiger partial charge in [-0.25, -0.2) is 13.2 Å². The number of aromatic nitrogens is 1. The average molecular weight is 502 g/mol. The summed E-state index contributed by atoms with van der Waals surface area (Å²) in [5.74, 6) is 1.94. The lowest BCUT2D eigenvalue weighted by molar-refractivity contribution is 0.214. The first kappa shape index (κ1) is 23.8. The van der Waals surface area contributed by atoms with E-state index in [1.54, 1.807) is 41.4 Å². The minimum Gasteiger partial charge on any atom is -0.493 e. The second kappa shape index (κ2) is 10.3. The minimum atomic E-state index is -3.25. The number of hydrogen-bond donors (Lipinski definition) is 1. The molecule has 4 rings (SSSR count). The maximum Gasteiger partial charge on any atom is 0.321 e. The first-order valence-electron chi connectivity index (χ1n) is 10.6. The number of nitrogens with one attached hydrogen (secondary N) is 1. The van der Waals surface area contributed by atoms with Crippen LogP contribution < -0.4 is 14.8 Å². The molecule has 1 N–H and O–H groups in total. The molecule has 1 aliphatic heterocycles. The number of pyridine rings is 1. The Morgan fingerprint density at radius 2 is 1.91 bits per heavy atom. The van der Waals surface area contributed by atoms with Crippen LogP contribution in [0.4, 0.5) is 10.5 Å². The molecule has 1 aliphatic rings. The highest BCUT2D eigenvalue weighted by Gasteiger charge is 2.27. The number of carbonyl (C=O) groups is 1. The molecule has 0 radical (unpaired) electrons. The number of carbonyl (C=O) groups excluding carboxylic acids is 1. The molecule has 0 spiro atoms. The summed E-state index contributed by atoms with van der Waals surface area (Å²) >= 11 is 6.08. The Balaban J connectivity index is 1.28. The lowest BCUT2D eigenvalue weighted by atomic mass is 10.1. The molecule has 10 heteroatoms. The predicted octanol–water partition coefficient (Wildman–Crippen LogP) is 4.86. The summed E-state index contributed by atoms with van der Waals surface area (Å²) in [5, 5.41) is 3.23. The van der Waals surface area contributed by atoms with Gasteiger partial charge in [-0.2, -0.15) is 0 Å². The lowest BCUT2D eigenvalue weighted by Crippen LogP contribution is -2.33. The Hall–Kier alpha value is -3.30. The quantitative estimate of drug-likeness (QED) is 0.496. The van der Waals surface area contributed by atoms with E-state index < -0.39 is 9.84 Å². The van der Waals surface area contributed by atoms with Crippen molar-refractivity contribution in [3.63, 3.8) is 0 Å². The first-order chi connectivity index (χ1) is 16.3. The van der Waals surface area contributed by atoms with Crippen molar-refractivity contribution in [3.05, 3.63) is 72.0 Å². The van der Waals surface area contributed by atoms with Gasteiger partial charge in [0, 0.05) is 37.5 Å². The molecule has 8 nitrogen and oxygen atoms in total. The van der Waals surface area contributed by atoms with E-state index in [4.69, 9.17) is 21.1 Å². The van der Waals surface area contributed by atoms with Crippen molar-refractivity contribution in [2.45, 2.75) is 11.3 Å². The summed E-state index contributed by atoms with van der Waals surface area (Å²) in [4.78, 5) is 18.5. The molecule has 0 saturated carbocycles. The van der Waals surface area contributed by atoms with E-state index >= 15 is 0 Å². The van der Waals surface area contributed by atoms with Gasteiger partial charge < -0.3 is 19.7 Å². The molecule has 1 saturated heterocycles. The van der Waals surface area contributed by atoms with Crippen molar-refractivity contribution in [3.8, 4) is 17.2 Å². The van der Waals surface area contributed by atoms with Gasteiger partial charge in [-0.1, -0.05) is 17.7 Å². The van der Waals surface area contributed by atoms with E-state index in [-0.39, 0.29) is 16.8 Å². The van der Waals surface area contributed by atoms with Crippen LogP contribution in [-0.4, -0.2) is 50.3 Å². The molecule has 2 aromatic carbocycles. The molecule has 2 amide bonds. The zero-order chi connectivity index (χ0) is 24.1. The monoisotopic (exact) mass is 501 g/mol. The fourth-order valence-corrected chi connectivity index (χ4v) is 4.33. The number of amides is 2. The summed E-state index contributed by atoms with van der Waals surface area (Å²) in [6, 6.07) is 14.9. The maximum atomic E-state index is 12.5. The predicted molar refractivity (Wildman–Crippen MR) is 130 cm³/mol. The van der Waals surface area contributed by atoms with E-state index in [2.05, 4.69) is 10.3 Å². The minimum absolute atomic E-state index is 0.197. The molecular formula is C24H24ClN3O5S. The maximum absolute atomic E-state index is 12.5. The molecule has 2 heterocycles. The third-order valence-corrected chi connectivity index (χ3v) is 6.82. The normalized spacial score (nSPS) is 15.7. The van der Waals surface area contributed by atoms with Crippen molar-refractivity contribution < 1.29 is 22.7 Å². The molecule has 1 atom stereocenters. The lowest BCUT2D eigenvalue weighted by Gasteiger charge is -2.18. The third kappa shape index (κ3) is 6.18. The second-order valence-electron chi connectivity index (χ2n) is 8.02. The van der Waals surface area contributed by atoms with Crippen LogP contribution in [0.15, 0.2) is 71.9 Å². The fraction of sp³-hybridized carbons (Fsp3) is 0.250. The SMILES string of the molecule is CS(=O)(=O)c1ccc(Oc2cccc(OCC3CCN(C(=O)Nc4cnccc4Cl)C3)c2)cc1. The van der Waals surface area contributed by atoms with Crippen LogP contribution in [0, 0.1) is 5.92 Å². The zero-order valence-electron chi connectivity index (χ0n) is 18.5. The van der Waals surface area contributed by atoms with Crippen LogP contribution in [0.5, 0.6) is 17.2 Å². The van der Waals surface area contributed by atoms with Crippen LogP contribution in [-0.2, 0) is 9.84 Å². The van der Waals surface area contributed by atoms with Gasteiger partial charge in [0.25, 0.3) is 0 Å². The molecule has 1 fully saturated rings. The highest BCUT2D eigenvalue weighted by atomic mass is 35.5. The van der Waals surface area contributed by atoms with Crippen molar-refractivity contribution in [1.29, 1.82) is 0 Å².